The SMILES string of the molecule is COCCN(C)CCn1cc(-c2ccc(F)c(C(F)(F)F)c2)nc1C1CCN(c2ncnc(N)c2C(=O)O)CC1. The topological polar surface area (TPSA) is 123 Å². The molecule has 0 aliphatic carbocycles. The van der Waals surface area contributed by atoms with E-state index in [9.17, 15) is 27.5 Å². The summed E-state index contributed by atoms with van der Waals surface area (Å²) >= 11 is 0. The van der Waals surface area contributed by atoms with E-state index in [0.717, 1.165) is 12.1 Å². The van der Waals surface area contributed by atoms with Crippen LogP contribution in [0.2, 0.25) is 0 Å². The number of hydrogen-bond donors (Lipinski definition) is 2. The van der Waals surface area contributed by atoms with Gasteiger partial charge in [0, 0.05) is 57.5 Å². The number of carboxylic acid groups (broad SMARTS) is 1. The number of alkyl halides is 3. The maximum Gasteiger partial charge on any atom is 0.419 e. The number of halogens is 4. The summed E-state index contributed by atoms with van der Waals surface area (Å²) in [6.07, 6.45) is -0.721. The number of imidazole rings is 1. The molecule has 1 fully saturated rings. The Bertz CT molecular complexity index is 1340. The smallest absolute Gasteiger partial charge is 0.419 e. The average molecular weight is 566 g/mol. The van der Waals surface area contributed by atoms with Crippen molar-refractivity contribution in [1.82, 2.24) is 24.4 Å². The number of ether oxygens (including phenoxy) is 1. The number of aromatic nitrogens is 4. The first kappa shape index (κ1) is 29.2. The van der Waals surface area contributed by atoms with Gasteiger partial charge in [0.1, 0.15) is 35.2 Å². The highest BCUT2D eigenvalue weighted by atomic mass is 19.4. The average Bonchev–Trinajstić information content (AvgIpc) is 3.34. The Morgan fingerprint density at radius 1 is 1.23 bits per heavy atom. The summed E-state index contributed by atoms with van der Waals surface area (Å²) in [6.45, 7) is 3.36. The van der Waals surface area contributed by atoms with Crippen molar-refractivity contribution in [1.29, 1.82) is 0 Å². The Labute approximate surface area is 228 Å². The molecule has 1 aliphatic heterocycles. The molecular weight excluding hydrogens is 534 g/mol. The maximum absolute atomic E-state index is 13.9. The van der Waals surface area contributed by atoms with E-state index in [1.165, 1.54) is 12.4 Å². The van der Waals surface area contributed by atoms with Crippen LogP contribution in [0.5, 0.6) is 0 Å². The summed E-state index contributed by atoms with van der Waals surface area (Å²) < 4.78 is 61.1. The Balaban J connectivity index is 1.61. The van der Waals surface area contributed by atoms with Crippen LogP contribution in [-0.2, 0) is 17.5 Å². The zero-order chi connectivity index (χ0) is 29.0. The van der Waals surface area contributed by atoms with Crippen LogP contribution in [0.25, 0.3) is 11.3 Å². The number of anilines is 2. The van der Waals surface area contributed by atoms with Crippen molar-refractivity contribution in [3.8, 4) is 11.3 Å². The molecule has 3 aromatic rings. The van der Waals surface area contributed by atoms with Crippen molar-refractivity contribution in [2.75, 3.05) is 57.6 Å². The fourth-order valence-corrected chi connectivity index (χ4v) is 4.80. The first-order valence-electron chi connectivity index (χ1n) is 12.7. The molecule has 0 bridgehead atoms. The Kier molecular flexibility index (Phi) is 8.88. The van der Waals surface area contributed by atoms with E-state index >= 15 is 0 Å². The quantitative estimate of drug-likeness (QED) is 0.354. The first-order chi connectivity index (χ1) is 19.0. The summed E-state index contributed by atoms with van der Waals surface area (Å²) in [5.74, 6) is -1.78. The second-order valence-corrected chi connectivity index (χ2v) is 9.69. The molecule has 2 aromatic heterocycles. The monoisotopic (exact) mass is 565 g/mol. The molecular formula is C26H31F4N7O3. The minimum Gasteiger partial charge on any atom is -0.477 e. The summed E-state index contributed by atoms with van der Waals surface area (Å²) in [7, 11) is 3.56. The molecule has 0 unspecified atom stereocenters. The largest absolute Gasteiger partial charge is 0.477 e. The lowest BCUT2D eigenvalue weighted by molar-refractivity contribution is -0.139. The molecule has 14 heteroatoms. The van der Waals surface area contributed by atoms with Gasteiger partial charge in [0.25, 0.3) is 0 Å². The van der Waals surface area contributed by atoms with Gasteiger partial charge in [0.05, 0.1) is 17.9 Å². The highest BCUT2D eigenvalue weighted by Crippen LogP contribution is 2.36. The first-order valence-corrected chi connectivity index (χ1v) is 12.7. The van der Waals surface area contributed by atoms with Crippen molar-refractivity contribution in [3.05, 3.63) is 53.5 Å². The standard InChI is InChI=1S/C26H31F4N7O3/c1-35(11-12-40-2)9-10-37-14-20(17-3-4-19(27)18(13-17)26(28,29)30)34-23(37)16-5-7-36(8-6-16)24-21(25(38)39)22(31)32-15-33-24/h3-4,13-16H,5-12H2,1-2H3,(H,38,39)(H2,31,32,33). The molecule has 3 heterocycles. The number of hydrogen-bond acceptors (Lipinski definition) is 8. The Hall–Kier alpha value is -3.78. The summed E-state index contributed by atoms with van der Waals surface area (Å²) in [6, 6.07) is 2.88. The Morgan fingerprint density at radius 2 is 1.95 bits per heavy atom. The van der Waals surface area contributed by atoms with Gasteiger partial charge in [-0.15, -0.1) is 0 Å². The van der Waals surface area contributed by atoms with Gasteiger partial charge in [-0.1, -0.05) is 0 Å². The van der Waals surface area contributed by atoms with Crippen LogP contribution in [0, 0.1) is 5.82 Å². The zero-order valence-electron chi connectivity index (χ0n) is 22.2. The zero-order valence-corrected chi connectivity index (χ0v) is 22.2. The number of nitrogens with two attached hydrogens (primary N) is 1. The molecule has 0 atom stereocenters. The Morgan fingerprint density at radius 3 is 2.60 bits per heavy atom. The molecule has 216 valence electrons. The number of nitrogen functional groups attached to an aromatic ring is 1. The minimum absolute atomic E-state index is 0.0516. The number of piperidine rings is 1. The number of carboxylic acids is 1. The number of likely N-dealkylation sites (N-methyl/N-ethyl adjacent to an activating group) is 1. The van der Waals surface area contributed by atoms with E-state index in [-0.39, 0.29) is 28.7 Å². The van der Waals surface area contributed by atoms with Crippen molar-refractivity contribution in [3.63, 3.8) is 0 Å². The van der Waals surface area contributed by atoms with Crippen LogP contribution >= 0.6 is 0 Å². The van der Waals surface area contributed by atoms with Crippen LogP contribution in [0.3, 0.4) is 0 Å². The number of benzene rings is 1. The van der Waals surface area contributed by atoms with Crippen molar-refractivity contribution < 1.29 is 32.2 Å². The molecule has 1 aliphatic rings. The second-order valence-electron chi connectivity index (χ2n) is 9.69. The summed E-state index contributed by atoms with van der Waals surface area (Å²) in [4.78, 5) is 28.3. The normalized spacial score (nSPS) is 14.7. The molecule has 3 N–H and O–H groups in total. The number of rotatable bonds is 10. The van der Waals surface area contributed by atoms with E-state index in [4.69, 9.17) is 15.5 Å². The summed E-state index contributed by atoms with van der Waals surface area (Å²) in [5, 5.41) is 9.59. The molecule has 1 aromatic carbocycles. The van der Waals surface area contributed by atoms with E-state index < -0.39 is 23.5 Å². The molecule has 0 radical (unpaired) electrons. The highest BCUT2D eigenvalue weighted by molar-refractivity contribution is 5.98. The molecule has 0 spiro atoms. The third-order valence-electron chi connectivity index (χ3n) is 7.00. The summed E-state index contributed by atoms with van der Waals surface area (Å²) in [5.41, 5.74) is 4.78. The fourth-order valence-electron chi connectivity index (χ4n) is 4.80. The molecule has 0 saturated carbocycles. The third-order valence-corrected chi connectivity index (χ3v) is 7.00. The number of nitrogens with zero attached hydrogens (tertiary/aromatic N) is 6. The predicted molar refractivity (Wildman–Crippen MR) is 140 cm³/mol. The third kappa shape index (κ3) is 6.50. The van der Waals surface area contributed by atoms with E-state index in [1.807, 2.05) is 16.5 Å². The van der Waals surface area contributed by atoms with E-state index in [2.05, 4.69) is 14.9 Å². The van der Waals surface area contributed by atoms with Crippen LogP contribution < -0.4 is 10.6 Å². The minimum atomic E-state index is -4.83. The van der Waals surface area contributed by atoms with Crippen LogP contribution in [0.1, 0.15) is 40.5 Å². The van der Waals surface area contributed by atoms with Crippen LogP contribution in [-0.4, -0.2) is 82.4 Å². The van der Waals surface area contributed by atoms with Gasteiger partial charge in [-0.3, -0.25) is 0 Å². The molecule has 4 rings (SSSR count). The van der Waals surface area contributed by atoms with E-state index in [0.29, 0.717) is 63.7 Å². The van der Waals surface area contributed by atoms with Gasteiger partial charge < -0.3 is 29.9 Å². The van der Waals surface area contributed by atoms with Crippen molar-refractivity contribution in [2.45, 2.75) is 31.5 Å². The molecule has 10 nitrogen and oxygen atoms in total. The fraction of sp³-hybridized carbons (Fsp3) is 0.462. The lowest BCUT2D eigenvalue weighted by Crippen LogP contribution is -2.36. The van der Waals surface area contributed by atoms with Crippen molar-refractivity contribution in [2.24, 2.45) is 0 Å². The van der Waals surface area contributed by atoms with Gasteiger partial charge in [0.15, 0.2) is 0 Å². The maximum atomic E-state index is 13.9. The van der Waals surface area contributed by atoms with Gasteiger partial charge in [-0.05, 0) is 38.1 Å². The van der Waals surface area contributed by atoms with Crippen LogP contribution in [0.4, 0.5) is 29.2 Å². The van der Waals surface area contributed by atoms with Gasteiger partial charge in [-0.25, -0.2) is 24.1 Å². The second kappa shape index (κ2) is 12.2. The van der Waals surface area contributed by atoms with Gasteiger partial charge in [-0.2, -0.15) is 13.2 Å². The predicted octanol–water partition coefficient (Wildman–Crippen LogP) is 3.74. The lowest BCUT2D eigenvalue weighted by atomic mass is 9.95. The highest BCUT2D eigenvalue weighted by Gasteiger charge is 2.35. The van der Waals surface area contributed by atoms with Crippen LogP contribution in [0.15, 0.2) is 30.7 Å². The molecule has 1 saturated heterocycles. The molecule has 0 amide bonds. The number of aromatic carboxylic acids is 1. The number of methoxy groups -OCH3 is 1. The van der Waals surface area contributed by atoms with E-state index in [1.54, 1.807) is 13.3 Å². The molecule has 40 heavy (non-hydrogen) atoms. The van der Waals surface area contributed by atoms with Crippen molar-refractivity contribution >= 4 is 17.6 Å². The van der Waals surface area contributed by atoms with Gasteiger partial charge >= 0.3 is 12.1 Å². The lowest BCUT2D eigenvalue weighted by Gasteiger charge is -2.33. The number of carbonyl (C=O) groups is 1. The van der Waals surface area contributed by atoms with Gasteiger partial charge in [0.2, 0.25) is 0 Å².